The van der Waals surface area contributed by atoms with Crippen molar-refractivity contribution in [2.75, 3.05) is 144 Å². The Balaban J connectivity index is 2.00. The van der Waals surface area contributed by atoms with Crippen molar-refractivity contribution in [3.8, 4) is 0 Å². The minimum atomic E-state index is 1.01. The summed E-state index contributed by atoms with van der Waals surface area (Å²) in [5.41, 5.74) is 0. The van der Waals surface area contributed by atoms with Gasteiger partial charge in [0.2, 0.25) is 0 Å². The summed E-state index contributed by atoms with van der Waals surface area (Å²) < 4.78 is 0. The van der Waals surface area contributed by atoms with Crippen molar-refractivity contribution in [2.45, 2.75) is 0 Å². The number of hydrogen-bond acceptors (Lipinski definition) is 11. The van der Waals surface area contributed by atoms with E-state index in [1.165, 1.54) is 0 Å². The van der Waals surface area contributed by atoms with Crippen molar-refractivity contribution >= 4 is 0 Å². The Bertz CT molecular complexity index is 197. The van der Waals surface area contributed by atoms with Crippen LogP contribution in [0, 0.1) is 0 Å². The summed E-state index contributed by atoms with van der Waals surface area (Å²) in [5.74, 6) is 0. The van der Waals surface area contributed by atoms with E-state index in [2.05, 4.69) is 58.5 Å². The predicted octanol–water partition coefficient (Wildman–Crippen LogP) is -4.51. The zero-order chi connectivity index (χ0) is 23.3. The van der Waals surface area contributed by atoms with Gasteiger partial charge in [-0.25, -0.2) is 0 Å². The van der Waals surface area contributed by atoms with E-state index in [-0.39, 0.29) is 0 Å². The monoisotopic (exact) mass is 473 g/mol. The molecule has 1 fully saturated rings. The normalized spacial score (nSPS) is 24.0. The lowest BCUT2D eigenvalue weighted by molar-refractivity contribution is 0.543. The molecule has 0 aromatic heterocycles. The number of nitrogens with one attached hydrogen (secondary N) is 11. The SMILES string of the molecule is C1CNCCNCCNCCNCCNCCNCCNCCNCCNCCNCCN1. The average Bonchev–Trinajstić information content (AvgIpc) is 2.83. The number of hydrogen-bond donors (Lipinski definition) is 11. The smallest absolute Gasteiger partial charge is 0.00772 e. The molecular weight excluding hydrogens is 418 g/mol. The molecule has 11 heteroatoms. The van der Waals surface area contributed by atoms with Crippen LogP contribution in [-0.2, 0) is 0 Å². The summed E-state index contributed by atoms with van der Waals surface area (Å²) in [5, 5.41) is 38.2. The minimum Gasteiger partial charge on any atom is -0.314 e. The lowest BCUT2D eigenvalue weighted by Crippen LogP contribution is -2.38. The van der Waals surface area contributed by atoms with Crippen LogP contribution in [0.4, 0.5) is 0 Å². The Labute approximate surface area is 202 Å². The number of rotatable bonds is 0. The van der Waals surface area contributed by atoms with Gasteiger partial charge in [0.05, 0.1) is 0 Å². The highest BCUT2D eigenvalue weighted by atomic mass is 15.0. The molecule has 33 heavy (non-hydrogen) atoms. The van der Waals surface area contributed by atoms with Gasteiger partial charge in [0.15, 0.2) is 0 Å². The molecule has 0 saturated carbocycles. The van der Waals surface area contributed by atoms with Crippen molar-refractivity contribution in [1.29, 1.82) is 0 Å². The average molecular weight is 474 g/mol. The second-order valence-electron chi connectivity index (χ2n) is 8.25. The fraction of sp³-hybridized carbons (Fsp3) is 1.00. The van der Waals surface area contributed by atoms with Crippen LogP contribution in [0.1, 0.15) is 0 Å². The molecule has 11 N–H and O–H groups in total. The molecule has 1 rings (SSSR count). The van der Waals surface area contributed by atoms with Gasteiger partial charge in [-0.15, -0.1) is 0 Å². The van der Waals surface area contributed by atoms with Gasteiger partial charge in [-0.2, -0.15) is 0 Å². The standard InChI is InChI=1S/C22H55N11/c1-2-24-5-6-26-9-10-28-13-14-30-17-18-32-21-22-33-20-19-31-16-15-29-12-11-27-8-7-25-4-3-23-1/h23-33H,1-22H2. The molecule has 0 atom stereocenters. The topological polar surface area (TPSA) is 132 Å². The molecule has 0 spiro atoms. The lowest BCUT2D eigenvalue weighted by Gasteiger charge is -2.10. The van der Waals surface area contributed by atoms with Crippen molar-refractivity contribution in [3.63, 3.8) is 0 Å². The first kappa shape index (κ1) is 30.6. The van der Waals surface area contributed by atoms with Crippen molar-refractivity contribution in [1.82, 2.24) is 58.5 Å². The Morgan fingerprint density at radius 2 is 0.182 bits per heavy atom. The first-order valence-corrected chi connectivity index (χ1v) is 13.3. The summed E-state index contributed by atoms with van der Waals surface area (Å²) in [4.78, 5) is 0. The molecule has 1 saturated heterocycles. The summed E-state index contributed by atoms with van der Waals surface area (Å²) >= 11 is 0. The highest BCUT2D eigenvalue weighted by Gasteiger charge is 1.94. The van der Waals surface area contributed by atoms with Crippen LogP contribution in [0.5, 0.6) is 0 Å². The van der Waals surface area contributed by atoms with Crippen molar-refractivity contribution in [3.05, 3.63) is 0 Å². The Morgan fingerprint density at radius 3 is 0.242 bits per heavy atom. The molecule has 1 aliphatic rings. The summed E-state index contributed by atoms with van der Waals surface area (Å²) in [7, 11) is 0. The van der Waals surface area contributed by atoms with Gasteiger partial charge in [0.25, 0.3) is 0 Å². The second kappa shape index (κ2) is 27.8. The van der Waals surface area contributed by atoms with E-state index < -0.39 is 0 Å². The van der Waals surface area contributed by atoms with Crippen LogP contribution in [0.15, 0.2) is 0 Å². The maximum atomic E-state index is 3.47. The predicted molar refractivity (Wildman–Crippen MR) is 142 cm³/mol. The van der Waals surface area contributed by atoms with E-state index in [1.54, 1.807) is 0 Å². The molecule has 0 bridgehead atoms. The third-order valence-electron chi connectivity index (χ3n) is 5.26. The van der Waals surface area contributed by atoms with E-state index in [0.717, 1.165) is 144 Å². The Kier molecular flexibility index (Phi) is 25.8. The van der Waals surface area contributed by atoms with Crippen LogP contribution in [-0.4, -0.2) is 144 Å². The zero-order valence-corrected chi connectivity index (χ0v) is 21.1. The molecule has 0 unspecified atom stereocenters. The first-order chi connectivity index (χ1) is 16.5. The molecule has 0 aromatic carbocycles. The fourth-order valence-corrected chi connectivity index (χ4v) is 3.32. The van der Waals surface area contributed by atoms with E-state index >= 15 is 0 Å². The summed E-state index contributed by atoms with van der Waals surface area (Å²) in [6.07, 6.45) is 0. The fourth-order valence-electron chi connectivity index (χ4n) is 3.32. The molecule has 1 heterocycles. The van der Waals surface area contributed by atoms with Crippen LogP contribution >= 0.6 is 0 Å². The third kappa shape index (κ3) is 26.0. The highest BCUT2D eigenvalue weighted by Crippen LogP contribution is 1.68. The molecule has 0 radical (unpaired) electrons. The van der Waals surface area contributed by atoms with Crippen molar-refractivity contribution < 1.29 is 0 Å². The molecule has 0 aliphatic carbocycles. The molecule has 1 aliphatic heterocycles. The molecular formula is C22H55N11. The van der Waals surface area contributed by atoms with Gasteiger partial charge in [-0.3, -0.25) is 0 Å². The maximum absolute atomic E-state index is 3.47. The Morgan fingerprint density at radius 1 is 0.121 bits per heavy atom. The van der Waals surface area contributed by atoms with Crippen LogP contribution < -0.4 is 58.5 Å². The summed E-state index contributed by atoms with van der Waals surface area (Å²) in [6.45, 7) is 22.3. The molecule has 198 valence electrons. The van der Waals surface area contributed by atoms with Crippen LogP contribution in [0.2, 0.25) is 0 Å². The second-order valence-corrected chi connectivity index (χ2v) is 8.25. The first-order valence-electron chi connectivity index (χ1n) is 13.3. The van der Waals surface area contributed by atoms with Gasteiger partial charge in [0, 0.05) is 144 Å². The van der Waals surface area contributed by atoms with Gasteiger partial charge in [0.1, 0.15) is 0 Å². The van der Waals surface area contributed by atoms with Gasteiger partial charge >= 0.3 is 0 Å². The third-order valence-corrected chi connectivity index (χ3v) is 5.26. The molecule has 11 nitrogen and oxygen atoms in total. The molecule has 0 aromatic rings. The van der Waals surface area contributed by atoms with Crippen LogP contribution in [0.25, 0.3) is 0 Å². The lowest BCUT2D eigenvalue weighted by atomic mass is 10.5. The van der Waals surface area contributed by atoms with Gasteiger partial charge in [-0.05, 0) is 0 Å². The largest absolute Gasteiger partial charge is 0.314 e. The zero-order valence-electron chi connectivity index (χ0n) is 21.1. The van der Waals surface area contributed by atoms with Gasteiger partial charge < -0.3 is 58.5 Å². The van der Waals surface area contributed by atoms with E-state index in [1.807, 2.05) is 0 Å². The summed E-state index contributed by atoms with van der Waals surface area (Å²) in [6, 6.07) is 0. The van der Waals surface area contributed by atoms with Crippen LogP contribution in [0.3, 0.4) is 0 Å². The van der Waals surface area contributed by atoms with Crippen molar-refractivity contribution in [2.24, 2.45) is 0 Å². The quantitative estimate of drug-likeness (QED) is 0.166. The highest BCUT2D eigenvalue weighted by molar-refractivity contribution is 4.61. The Hall–Kier alpha value is -0.440. The van der Waals surface area contributed by atoms with E-state index in [0.29, 0.717) is 0 Å². The van der Waals surface area contributed by atoms with E-state index in [9.17, 15) is 0 Å². The maximum Gasteiger partial charge on any atom is 0.00772 e. The van der Waals surface area contributed by atoms with E-state index in [4.69, 9.17) is 0 Å². The molecule has 0 amide bonds. The van der Waals surface area contributed by atoms with Gasteiger partial charge in [-0.1, -0.05) is 0 Å². The minimum absolute atomic E-state index is 1.01.